The molecule has 2 aliphatic rings. The third-order valence-electron chi connectivity index (χ3n) is 5.70. The normalized spacial score (nSPS) is 21.5. The average molecular weight is 436 g/mol. The van der Waals surface area contributed by atoms with Gasteiger partial charge in [0.2, 0.25) is 5.91 Å². The van der Waals surface area contributed by atoms with Crippen molar-refractivity contribution < 1.29 is 9.53 Å². The van der Waals surface area contributed by atoms with Gasteiger partial charge in [-0.1, -0.05) is 36.7 Å². The number of aliphatic imine (C=N–C) groups is 1. The van der Waals surface area contributed by atoms with Gasteiger partial charge in [0.1, 0.15) is 0 Å². The maximum absolute atomic E-state index is 12.0. The number of morpholine rings is 1. The number of carbonyl (C=O) groups is 1. The SMILES string of the molecule is CCNC(=NCC(c1ccccc1Cl)N1CCOCC1)NC1CCN(C(=O)CC)C1. The number of ether oxygens (including phenoxy) is 1. The van der Waals surface area contributed by atoms with Crippen LogP contribution in [0.25, 0.3) is 0 Å². The Bertz CT molecular complexity index is 723. The minimum atomic E-state index is 0.0970. The topological polar surface area (TPSA) is 69.2 Å². The molecule has 0 aromatic heterocycles. The Labute approximate surface area is 184 Å². The molecule has 2 heterocycles. The zero-order valence-corrected chi connectivity index (χ0v) is 18.8. The molecule has 1 aromatic carbocycles. The lowest BCUT2D eigenvalue weighted by Crippen LogP contribution is -2.46. The van der Waals surface area contributed by atoms with Crippen LogP contribution in [-0.4, -0.2) is 80.2 Å². The first kappa shape index (κ1) is 22.8. The highest BCUT2D eigenvalue weighted by molar-refractivity contribution is 6.31. The molecule has 2 N–H and O–H groups in total. The number of likely N-dealkylation sites (tertiary alicyclic amines) is 1. The van der Waals surface area contributed by atoms with Gasteiger partial charge in [0.25, 0.3) is 0 Å². The number of guanidine groups is 1. The Balaban J connectivity index is 1.71. The average Bonchev–Trinajstić information content (AvgIpc) is 3.24. The van der Waals surface area contributed by atoms with E-state index < -0.39 is 0 Å². The highest BCUT2D eigenvalue weighted by Gasteiger charge is 2.27. The summed E-state index contributed by atoms with van der Waals surface area (Å²) in [5.41, 5.74) is 1.10. The van der Waals surface area contributed by atoms with Gasteiger partial charge in [0, 0.05) is 50.2 Å². The Morgan fingerprint density at radius 3 is 2.73 bits per heavy atom. The molecule has 1 amide bonds. The Morgan fingerprint density at radius 1 is 1.27 bits per heavy atom. The minimum absolute atomic E-state index is 0.0970. The van der Waals surface area contributed by atoms with Gasteiger partial charge in [-0.25, -0.2) is 0 Å². The molecular formula is C22H34ClN5O2. The molecule has 2 atom stereocenters. The van der Waals surface area contributed by atoms with Crippen molar-refractivity contribution in [1.29, 1.82) is 0 Å². The second kappa shape index (κ2) is 11.5. The second-order valence-corrected chi connectivity index (χ2v) is 8.14. The van der Waals surface area contributed by atoms with Crippen LogP contribution in [0.1, 0.15) is 38.3 Å². The summed E-state index contributed by atoms with van der Waals surface area (Å²) in [5, 5.41) is 7.64. The summed E-state index contributed by atoms with van der Waals surface area (Å²) in [4.78, 5) is 21.2. The zero-order valence-electron chi connectivity index (χ0n) is 18.1. The van der Waals surface area contributed by atoms with Crippen LogP contribution >= 0.6 is 11.6 Å². The van der Waals surface area contributed by atoms with E-state index in [-0.39, 0.29) is 18.0 Å². The van der Waals surface area contributed by atoms with E-state index in [0.29, 0.717) is 13.0 Å². The van der Waals surface area contributed by atoms with Crippen LogP contribution in [0.4, 0.5) is 0 Å². The highest BCUT2D eigenvalue weighted by atomic mass is 35.5. The third-order valence-corrected chi connectivity index (χ3v) is 6.05. The van der Waals surface area contributed by atoms with E-state index >= 15 is 0 Å². The number of carbonyl (C=O) groups excluding carboxylic acids is 1. The first-order chi connectivity index (χ1) is 14.6. The Morgan fingerprint density at radius 2 is 2.03 bits per heavy atom. The van der Waals surface area contributed by atoms with Gasteiger partial charge < -0.3 is 20.3 Å². The van der Waals surface area contributed by atoms with E-state index in [1.54, 1.807) is 0 Å². The lowest BCUT2D eigenvalue weighted by Gasteiger charge is -2.34. The molecule has 8 heteroatoms. The lowest BCUT2D eigenvalue weighted by molar-refractivity contribution is -0.129. The maximum atomic E-state index is 12.0. The van der Waals surface area contributed by atoms with E-state index in [2.05, 4.69) is 28.5 Å². The molecule has 0 aliphatic carbocycles. The number of rotatable bonds is 7. The first-order valence-electron chi connectivity index (χ1n) is 11.0. The minimum Gasteiger partial charge on any atom is -0.379 e. The van der Waals surface area contributed by atoms with Crippen LogP contribution in [0.5, 0.6) is 0 Å². The van der Waals surface area contributed by atoms with Crippen LogP contribution in [0.2, 0.25) is 5.02 Å². The number of nitrogens with one attached hydrogen (secondary N) is 2. The molecule has 0 bridgehead atoms. The van der Waals surface area contributed by atoms with Crippen molar-refractivity contribution in [2.24, 2.45) is 4.99 Å². The van der Waals surface area contributed by atoms with Crippen LogP contribution in [0.3, 0.4) is 0 Å². The molecule has 2 unspecified atom stereocenters. The summed E-state index contributed by atoms with van der Waals surface area (Å²) in [7, 11) is 0. The number of amides is 1. The van der Waals surface area contributed by atoms with Gasteiger partial charge in [-0.15, -0.1) is 0 Å². The number of halogens is 1. The number of hydrogen-bond donors (Lipinski definition) is 2. The quantitative estimate of drug-likeness (QED) is 0.508. The zero-order chi connectivity index (χ0) is 21.3. The summed E-state index contributed by atoms with van der Waals surface area (Å²) in [6, 6.07) is 8.33. The van der Waals surface area contributed by atoms with Crippen LogP contribution in [0.15, 0.2) is 29.3 Å². The van der Waals surface area contributed by atoms with Crippen molar-refractivity contribution >= 4 is 23.5 Å². The fraction of sp³-hybridized carbons (Fsp3) is 0.636. The van der Waals surface area contributed by atoms with Gasteiger partial charge in [-0.2, -0.15) is 0 Å². The standard InChI is InChI=1S/C22H34ClN5O2/c1-3-21(29)28-10-9-17(16-28)26-22(24-4-2)25-15-20(27-11-13-30-14-12-27)18-7-5-6-8-19(18)23/h5-8,17,20H,3-4,9-16H2,1-2H3,(H2,24,25,26). The summed E-state index contributed by atoms with van der Waals surface area (Å²) in [5.74, 6) is 1.01. The Hall–Kier alpha value is -1.83. The molecular weight excluding hydrogens is 402 g/mol. The van der Waals surface area contributed by atoms with Crippen molar-refractivity contribution in [2.45, 2.75) is 38.8 Å². The fourth-order valence-electron chi connectivity index (χ4n) is 4.06. The molecule has 2 fully saturated rings. The van der Waals surface area contributed by atoms with Gasteiger partial charge in [0.15, 0.2) is 5.96 Å². The molecule has 2 aliphatic heterocycles. The molecule has 2 saturated heterocycles. The molecule has 1 aromatic rings. The van der Waals surface area contributed by atoms with E-state index in [0.717, 1.165) is 68.9 Å². The van der Waals surface area contributed by atoms with Crippen LogP contribution in [0, 0.1) is 0 Å². The fourth-order valence-corrected chi connectivity index (χ4v) is 4.33. The maximum Gasteiger partial charge on any atom is 0.222 e. The molecule has 7 nitrogen and oxygen atoms in total. The third kappa shape index (κ3) is 6.09. The highest BCUT2D eigenvalue weighted by Crippen LogP contribution is 2.28. The molecule has 3 rings (SSSR count). The van der Waals surface area contributed by atoms with Crippen molar-refractivity contribution in [3.8, 4) is 0 Å². The van der Waals surface area contributed by atoms with E-state index in [1.807, 2.05) is 30.0 Å². The predicted octanol–water partition coefficient (Wildman–Crippen LogP) is 2.28. The van der Waals surface area contributed by atoms with Crippen LogP contribution < -0.4 is 10.6 Å². The largest absolute Gasteiger partial charge is 0.379 e. The lowest BCUT2D eigenvalue weighted by atomic mass is 10.0. The summed E-state index contributed by atoms with van der Waals surface area (Å²) >= 11 is 6.54. The summed E-state index contributed by atoms with van der Waals surface area (Å²) in [6.45, 7) is 10.1. The smallest absolute Gasteiger partial charge is 0.222 e. The second-order valence-electron chi connectivity index (χ2n) is 7.73. The first-order valence-corrected chi connectivity index (χ1v) is 11.4. The molecule has 30 heavy (non-hydrogen) atoms. The van der Waals surface area contributed by atoms with Crippen molar-refractivity contribution in [3.05, 3.63) is 34.9 Å². The number of benzene rings is 1. The summed E-state index contributed by atoms with van der Waals surface area (Å²) < 4.78 is 5.54. The van der Waals surface area contributed by atoms with Crippen molar-refractivity contribution in [3.63, 3.8) is 0 Å². The molecule has 0 saturated carbocycles. The number of nitrogens with zero attached hydrogens (tertiary/aromatic N) is 3. The van der Waals surface area contributed by atoms with Gasteiger partial charge in [-0.05, 0) is 25.0 Å². The summed E-state index contributed by atoms with van der Waals surface area (Å²) in [6.07, 6.45) is 1.49. The van der Waals surface area contributed by atoms with Crippen molar-refractivity contribution in [1.82, 2.24) is 20.4 Å². The van der Waals surface area contributed by atoms with Crippen LogP contribution in [-0.2, 0) is 9.53 Å². The predicted molar refractivity (Wildman–Crippen MR) is 121 cm³/mol. The van der Waals surface area contributed by atoms with Gasteiger partial charge in [-0.3, -0.25) is 14.7 Å². The van der Waals surface area contributed by atoms with E-state index in [1.165, 1.54) is 0 Å². The molecule has 166 valence electrons. The Kier molecular flexibility index (Phi) is 8.78. The molecule has 0 radical (unpaired) electrons. The van der Waals surface area contributed by atoms with E-state index in [9.17, 15) is 4.79 Å². The van der Waals surface area contributed by atoms with E-state index in [4.69, 9.17) is 21.3 Å². The van der Waals surface area contributed by atoms with Gasteiger partial charge >= 0.3 is 0 Å². The monoisotopic (exact) mass is 435 g/mol. The molecule has 0 spiro atoms. The van der Waals surface area contributed by atoms with Gasteiger partial charge in [0.05, 0.1) is 25.8 Å². The number of hydrogen-bond acceptors (Lipinski definition) is 4. The van der Waals surface area contributed by atoms with Crippen molar-refractivity contribution in [2.75, 3.05) is 52.5 Å².